The number of carbonyl (C=O) groups is 1. The molecule has 0 saturated heterocycles. The van der Waals surface area contributed by atoms with Crippen LogP contribution in [0, 0.1) is 5.92 Å². The summed E-state index contributed by atoms with van der Waals surface area (Å²) in [5.74, 6) is -2.62. The summed E-state index contributed by atoms with van der Waals surface area (Å²) in [6.07, 6.45) is -4.77. The normalized spacial score (nSPS) is 19.9. The lowest BCUT2D eigenvalue weighted by Gasteiger charge is -2.27. The van der Waals surface area contributed by atoms with E-state index < -0.39 is 29.8 Å². The molecule has 2 unspecified atom stereocenters. The summed E-state index contributed by atoms with van der Waals surface area (Å²) in [7, 11) is 1.07. The van der Waals surface area contributed by atoms with Crippen LogP contribution in [0.1, 0.15) is 11.6 Å². The Morgan fingerprint density at radius 3 is 2.36 bits per heavy atom. The molecule has 25 heavy (non-hydrogen) atoms. The Balaban J connectivity index is 2.23. The second-order valence-corrected chi connectivity index (χ2v) is 5.55. The minimum Gasteiger partial charge on any atom is -0.468 e. The molecule has 1 aliphatic rings. The summed E-state index contributed by atoms with van der Waals surface area (Å²) in [6.45, 7) is 0. The SMILES string of the molecule is COC(=O)C1C(C(F)(F)F)=Nc2ccccc2NC1c1ccccc1. The molecular formula is C18H15F3N2O2. The number of esters is 1. The molecule has 7 heteroatoms. The number of anilines is 1. The van der Waals surface area contributed by atoms with Gasteiger partial charge in [-0.1, -0.05) is 42.5 Å². The van der Waals surface area contributed by atoms with E-state index in [9.17, 15) is 18.0 Å². The Labute approximate surface area is 142 Å². The monoisotopic (exact) mass is 348 g/mol. The number of hydrogen-bond acceptors (Lipinski definition) is 4. The van der Waals surface area contributed by atoms with Crippen LogP contribution in [0.15, 0.2) is 59.6 Å². The molecule has 1 heterocycles. The fourth-order valence-electron chi connectivity index (χ4n) is 2.85. The molecule has 0 fully saturated rings. The lowest BCUT2D eigenvalue weighted by molar-refractivity contribution is -0.145. The number of alkyl halides is 3. The van der Waals surface area contributed by atoms with E-state index in [1.807, 2.05) is 0 Å². The third-order valence-corrected chi connectivity index (χ3v) is 3.99. The largest absolute Gasteiger partial charge is 0.468 e. The van der Waals surface area contributed by atoms with Crippen LogP contribution in [0.3, 0.4) is 0 Å². The van der Waals surface area contributed by atoms with Gasteiger partial charge in [-0.05, 0) is 17.7 Å². The number of halogens is 3. The Morgan fingerprint density at radius 1 is 1.08 bits per heavy atom. The molecule has 0 amide bonds. The van der Waals surface area contributed by atoms with E-state index in [0.717, 1.165) is 7.11 Å². The van der Waals surface area contributed by atoms with Crippen molar-refractivity contribution in [1.29, 1.82) is 0 Å². The number of ether oxygens (including phenoxy) is 1. The fraction of sp³-hybridized carbons (Fsp3) is 0.222. The van der Waals surface area contributed by atoms with Crippen molar-refractivity contribution in [3.05, 3.63) is 60.2 Å². The molecule has 3 rings (SSSR count). The van der Waals surface area contributed by atoms with Crippen LogP contribution in [0.5, 0.6) is 0 Å². The number of benzene rings is 2. The van der Waals surface area contributed by atoms with Crippen LogP contribution in [0.2, 0.25) is 0 Å². The van der Waals surface area contributed by atoms with Gasteiger partial charge in [0.15, 0.2) is 0 Å². The minimum atomic E-state index is -4.77. The van der Waals surface area contributed by atoms with Crippen molar-refractivity contribution in [3.63, 3.8) is 0 Å². The van der Waals surface area contributed by atoms with E-state index >= 15 is 0 Å². The quantitative estimate of drug-likeness (QED) is 0.825. The van der Waals surface area contributed by atoms with Gasteiger partial charge in [-0.3, -0.25) is 4.79 Å². The summed E-state index contributed by atoms with van der Waals surface area (Å²) in [4.78, 5) is 16.0. The summed E-state index contributed by atoms with van der Waals surface area (Å²) in [5.41, 5.74) is -0.0936. The number of carbonyl (C=O) groups excluding carboxylic acids is 1. The summed E-state index contributed by atoms with van der Waals surface area (Å²) < 4.78 is 45.7. The Hall–Kier alpha value is -2.83. The maximum absolute atomic E-state index is 13.7. The van der Waals surface area contributed by atoms with Crippen LogP contribution < -0.4 is 5.32 Å². The van der Waals surface area contributed by atoms with E-state index in [-0.39, 0.29) is 5.69 Å². The highest BCUT2D eigenvalue weighted by molar-refractivity contribution is 6.08. The first-order valence-electron chi connectivity index (χ1n) is 7.56. The number of nitrogens with zero attached hydrogens (tertiary/aromatic N) is 1. The predicted octanol–water partition coefficient (Wildman–Crippen LogP) is 4.28. The van der Waals surface area contributed by atoms with Crippen molar-refractivity contribution < 1.29 is 22.7 Å². The predicted molar refractivity (Wildman–Crippen MR) is 87.9 cm³/mol. The first-order chi connectivity index (χ1) is 11.9. The number of methoxy groups -OCH3 is 1. The van der Waals surface area contributed by atoms with Crippen molar-refractivity contribution in [2.75, 3.05) is 12.4 Å². The number of fused-ring (bicyclic) bond motifs is 1. The fourth-order valence-corrected chi connectivity index (χ4v) is 2.85. The first-order valence-corrected chi connectivity index (χ1v) is 7.56. The Kier molecular flexibility index (Phi) is 4.48. The zero-order valence-electron chi connectivity index (χ0n) is 13.2. The van der Waals surface area contributed by atoms with Crippen molar-refractivity contribution in [1.82, 2.24) is 0 Å². The van der Waals surface area contributed by atoms with Crippen molar-refractivity contribution in [3.8, 4) is 0 Å². The standard InChI is InChI=1S/C18H15F3N2O2/c1-25-17(24)14-15(11-7-3-2-4-8-11)22-12-9-5-6-10-13(12)23-16(14)18(19,20)21/h2-10,14-15,22H,1H3. The van der Waals surface area contributed by atoms with Gasteiger partial charge in [0.25, 0.3) is 0 Å². The van der Waals surface area contributed by atoms with Gasteiger partial charge in [-0.25, -0.2) is 4.99 Å². The van der Waals surface area contributed by atoms with E-state index in [2.05, 4.69) is 15.0 Å². The summed E-state index contributed by atoms with van der Waals surface area (Å²) in [6, 6.07) is 13.9. The van der Waals surface area contributed by atoms with E-state index in [0.29, 0.717) is 11.3 Å². The maximum atomic E-state index is 13.7. The van der Waals surface area contributed by atoms with Crippen LogP contribution >= 0.6 is 0 Å². The molecule has 2 aromatic carbocycles. The van der Waals surface area contributed by atoms with Crippen molar-refractivity contribution in [2.45, 2.75) is 12.2 Å². The zero-order valence-corrected chi connectivity index (χ0v) is 13.2. The molecule has 0 aromatic heterocycles. The van der Waals surface area contributed by atoms with Gasteiger partial charge in [0.05, 0.1) is 24.5 Å². The third-order valence-electron chi connectivity index (χ3n) is 3.99. The highest BCUT2D eigenvalue weighted by Gasteiger charge is 2.49. The van der Waals surface area contributed by atoms with Crippen molar-refractivity contribution >= 4 is 23.1 Å². The molecule has 2 aromatic rings. The lowest BCUT2D eigenvalue weighted by atomic mass is 9.88. The van der Waals surface area contributed by atoms with Gasteiger partial charge in [-0.2, -0.15) is 13.2 Å². The van der Waals surface area contributed by atoms with Crippen LogP contribution in [-0.4, -0.2) is 25.0 Å². The summed E-state index contributed by atoms with van der Waals surface area (Å²) >= 11 is 0. The lowest BCUT2D eigenvalue weighted by Crippen LogP contribution is -2.41. The van der Waals surface area contributed by atoms with Gasteiger partial charge in [0.2, 0.25) is 0 Å². The van der Waals surface area contributed by atoms with E-state index in [1.165, 1.54) is 6.07 Å². The van der Waals surface area contributed by atoms with E-state index in [1.54, 1.807) is 48.5 Å². The molecule has 1 aliphatic heterocycles. The third kappa shape index (κ3) is 3.35. The van der Waals surface area contributed by atoms with Crippen LogP contribution in [0.25, 0.3) is 0 Å². The minimum absolute atomic E-state index is 0.127. The molecular weight excluding hydrogens is 333 g/mol. The number of rotatable bonds is 2. The number of para-hydroxylation sites is 2. The highest BCUT2D eigenvalue weighted by Crippen LogP contribution is 2.41. The van der Waals surface area contributed by atoms with Gasteiger partial charge >= 0.3 is 12.1 Å². The number of hydrogen-bond donors (Lipinski definition) is 1. The molecule has 4 nitrogen and oxygen atoms in total. The highest BCUT2D eigenvalue weighted by atomic mass is 19.4. The molecule has 0 aliphatic carbocycles. The molecule has 1 N–H and O–H groups in total. The zero-order chi connectivity index (χ0) is 18.0. The van der Waals surface area contributed by atoms with Crippen LogP contribution in [-0.2, 0) is 9.53 Å². The molecule has 0 bridgehead atoms. The average Bonchev–Trinajstić information content (AvgIpc) is 2.78. The maximum Gasteiger partial charge on any atom is 0.430 e. The van der Waals surface area contributed by atoms with Crippen LogP contribution in [0.4, 0.5) is 24.5 Å². The first kappa shape index (κ1) is 17.0. The molecule has 0 radical (unpaired) electrons. The van der Waals surface area contributed by atoms with Gasteiger partial charge < -0.3 is 10.1 Å². The smallest absolute Gasteiger partial charge is 0.430 e. The second kappa shape index (κ2) is 6.58. The van der Waals surface area contributed by atoms with E-state index in [4.69, 9.17) is 0 Å². The van der Waals surface area contributed by atoms with Gasteiger partial charge in [0, 0.05) is 0 Å². The summed E-state index contributed by atoms with van der Waals surface area (Å²) in [5, 5.41) is 3.03. The Morgan fingerprint density at radius 2 is 1.72 bits per heavy atom. The molecule has 130 valence electrons. The number of aliphatic imine (C=N–C) groups is 1. The van der Waals surface area contributed by atoms with Crippen molar-refractivity contribution in [2.24, 2.45) is 10.9 Å². The topological polar surface area (TPSA) is 50.7 Å². The Bertz CT molecular complexity index is 803. The molecule has 0 spiro atoms. The number of nitrogens with one attached hydrogen (secondary N) is 1. The van der Waals surface area contributed by atoms with Gasteiger partial charge in [0.1, 0.15) is 11.6 Å². The molecule has 0 saturated carbocycles. The van der Waals surface area contributed by atoms with Gasteiger partial charge in [-0.15, -0.1) is 0 Å². The average molecular weight is 348 g/mol. The second-order valence-electron chi connectivity index (χ2n) is 5.55. The molecule has 2 atom stereocenters.